The first kappa shape index (κ1) is 17.9. The number of thiazole rings is 1. The second kappa shape index (κ2) is 6.20. The topological polar surface area (TPSA) is 24.9 Å². The van der Waals surface area contributed by atoms with E-state index in [-0.39, 0.29) is 28.3 Å². The molecular weight excluding hydrogens is 366 g/mol. The van der Waals surface area contributed by atoms with Crippen LogP contribution < -0.4 is 5.32 Å². The molecule has 0 bridgehead atoms. The Kier molecular flexibility index (Phi) is 4.81. The highest BCUT2D eigenvalue weighted by Gasteiger charge is 2.38. The van der Waals surface area contributed by atoms with Gasteiger partial charge in [-0.1, -0.05) is 11.6 Å². The second-order valence-corrected chi connectivity index (χ2v) is 6.32. The molecule has 1 aromatic carbocycles. The van der Waals surface area contributed by atoms with Crippen molar-refractivity contribution in [3.05, 3.63) is 44.4 Å². The summed E-state index contributed by atoms with van der Waals surface area (Å²) >= 11 is 6.71. The Hall–Kier alpha value is -1.48. The van der Waals surface area contributed by atoms with Gasteiger partial charge in [-0.05, 0) is 24.6 Å². The zero-order valence-electron chi connectivity index (χ0n) is 11.4. The van der Waals surface area contributed by atoms with Crippen LogP contribution in [0.25, 0.3) is 0 Å². The number of anilines is 1. The number of nitrogens with one attached hydrogen (secondary N) is 1. The first-order valence-corrected chi connectivity index (χ1v) is 7.31. The molecule has 0 saturated carbocycles. The lowest BCUT2D eigenvalue weighted by Crippen LogP contribution is -2.14. The van der Waals surface area contributed by atoms with Crippen molar-refractivity contribution in [3.8, 4) is 0 Å². The summed E-state index contributed by atoms with van der Waals surface area (Å²) in [5.74, 6) is 0. The van der Waals surface area contributed by atoms with Crippen molar-refractivity contribution in [1.29, 1.82) is 0 Å². The number of hydrogen-bond donors (Lipinski definition) is 1. The summed E-state index contributed by atoms with van der Waals surface area (Å²) in [6.45, 7) is 1.13. The van der Waals surface area contributed by atoms with Gasteiger partial charge in [0, 0.05) is 16.8 Å². The number of benzene rings is 1. The van der Waals surface area contributed by atoms with Gasteiger partial charge in [-0.2, -0.15) is 26.3 Å². The Bertz CT molecular complexity index is 707. The van der Waals surface area contributed by atoms with Crippen LogP contribution >= 0.6 is 22.9 Å². The van der Waals surface area contributed by atoms with E-state index in [1.807, 2.05) is 0 Å². The van der Waals surface area contributed by atoms with Crippen LogP contribution in [0.3, 0.4) is 0 Å². The highest BCUT2D eigenvalue weighted by molar-refractivity contribution is 7.15. The fraction of sp³-hybridized carbons (Fsp3) is 0.308. The molecule has 0 unspecified atom stereocenters. The zero-order valence-corrected chi connectivity index (χ0v) is 13.0. The lowest BCUT2D eigenvalue weighted by Gasteiger charge is -2.18. The van der Waals surface area contributed by atoms with Gasteiger partial charge in [-0.15, -0.1) is 11.3 Å². The first-order valence-electron chi connectivity index (χ1n) is 6.11. The quantitative estimate of drug-likeness (QED) is 0.691. The van der Waals surface area contributed by atoms with Crippen molar-refractivity contribution in [2.24, 2.45) is 0 Å². The van der Waals surface area contributed by atoms with E-state index in [0.717, 1.165) is 18.3 Å². The Labute approximate surface area is 136 Å². The van der Waals surface area contributed by atoms with Crippen LogP contribution in [0, 0.1) is 6.92 Å². The van der Waals surface area contributed by atoms with Crippen LogP contribution in [-0.2, 0) is 18.9 Å². The highest BCUT2D eigenvalue weighted by atomic mass is 35.5. The summed E-state index contributed by atoms with van der Waals surface area (Å²) in [4.78, 5) is 4.33. The van der Waals surface area contributed by atoms with Gasteiger partial charge < -0.3 is 5.32 Å². The van der Waals surface area contributed by atoms with Gasteiger partial charge in [-0.25, -0.2) is 4.98 Å². The van der Waals surface area contributed by atoms with Crippen LogP contribution in [0.1, 0.15) is 21.6 Å². The van der Waals surface area contributed by atoms with E-state index in [4.69, 9.17) is 11.6 Å². The number of halogens is 7. The average Bonchev–Trinajstić information content (AvgIpc) is 2.80. The molecule has 0 saturated heterocycles. The molecule has 0 aliphatic rings. The third kappa shape index (κ3) is 4.29. The summed E-state index contributed by atoms with van der Waals surface area (Å²) in [5.41, 5.74) is -3.23. The Morgan fingerprint density at radius 2 is 1.78 bits per heavy atom. The maximum atomic E-state index is 12.9. The van der Waals surface area contributed by atoms with Gasteiger partial charge in [0.25, 0.3) is 0 Å². The molecule has 1 N–H and O–H groups in total. The van der Waals surface area contributed by atoms with Crippen molar-refractivity contribution in [1.82, 2.24) is 4.98 Å². The predicted molar refractivity (Wildman–Crippen MR) is 75.6 cm³/mol. The molecule has 2 rings (SSSR count). The monoisotopic (exact) mass is 374 g/mol. The largest absolute Gasteiger partial charge is 0.416 e. The van der Waals surface area contributed by atoms with E-state index in [2.05, 4.69) is 10.3 Å². The summed E-state index contributed by atoms with van der Waals surface area (Å²) < 4.78 is 77.5. The molecule has 10 heteroatoms. The molecule has 1 heterocycles. The van der Waals surface area contributed by atoms with Crippen molar-refractivity contribution < 1.29 is 26.3 Å². The summed E-state index contributed by atoms with van der Waals surface area (Å²) in [5, 5.41) is 2.58. The van der Waals surface area contributed by atoms with Crippen molar-refractivity contribution in [2.45, 2.75) is 25.8 Å². The van der Waals surface area contributed by atoms with Crippen LogP contribution in [0.5, 0.6) is 0 Å². The summed E-state index contributed by atoms with van der Waals surface area (Å²) in [6, 6.07) is 0.775. The lowest BCUT2D eigenvalue weighted by atomic mass is 10.0. The number of alkyl halides is 6. The third-order valence-corrected chi connectivity index (χ3v) is 4.13. The maximum Gasteiger partial charge on any atom is 0.416 e. The molecule has 2 aromatic rings. The second-order valence-electron chi connectivity index (χ2n) is 4.62. The van der Waals surface area contributed by atoms with Crippen molar-refractivity contribution >= 4 is 28.6 Å². The summed E-state index contributed by atoms with van der Waals surface area (Å²) in [6.07, 6.45) is -8.36. The van der Waals surface area contributed by atoms with Crippen LogP contribution in [-0.4, -0.2) is 4.98 Å². The van der Waals surface area contributed by atoms with Crippen LogP contribution in [0.15, 0.2) is 18.3 Å². The number of aromatic nitrogens is 1. The number of rotatable bonds is 3. The van der Waals surface area contributed by atoms with Crippen molar-refractivity contribution in [2.75, 3.05) is 5.32 Å². The molecule has 0 radical (unpaired) electrons. The normalized spacial score (nSPS) is 12.5. The zero-order chi connectivity index (χ0) is 17.4. The van der Waals surface area contributed by atoms with Gasteiger partial charge >= 0.3 is 12.4 Å². The van der Waals surface area contributed by atoms with E-state index in [0.29, 0.717) is 10.9 Å². The standard InChI is InChI=1S/C13H9ClF6N2S/c1-6-9(13(18,19)20)2-7(12(15,16)17)3-10(6)21-4-8-5-22-11(14)23-8/h2-3,5,21H,4H2,1H3. The number of hydrogen-bond acceptors (Lipinski definition) is 3. The van der Waals surface area contributed by atoms with Gasteiger partial charge in [0.2, 0.25) is 0 Å². The molecule has 0 amide bonds. The van der Waals surface area contributed by atoms with Gasteiger partial charge in [0.1, 0.15) is 0 Å². The van der Waals surface area contributed by atoms with Crippen molar-refractivity contribution in [3.63, 3.8) is 0 Å². The van der Waals surface area contributed by atoms with Gasteiger partial charge in [-0.3, -0.25) is 0 Å². The molecule has 0 fully saturated rings. The summed E-state index contributed by atoms with van der Waals surface area (Å²) in [7, 11) is 0. The smallest absolute Gasteiger partial charge is 0.380 e. The molecule has 0 atom stereocenters. The average molecular weight is 375 g/mol. The van der Waals surface area contributed by atoms with E-state index >= 15 is 0 Å². The minimum Gasteiger partial charge on any atom is -0.380 e. The number of nitrogens with zero attached hydrogens (tertiary/aromatic N) is 1. The Balaban J connectivity index is 2.40. The molecule has 0 aliphatic heterocycles. The molecule has 1 aromatic heterocycles. The van der Waals surface area contributed by atoms with Gasteiger partial charge in [0.05, 0.1) is 17.7 Å². The van der Waals surface area contributed by atoms with E-state index < -0.39 is 23.5 Å². The minimum atomic E-state index is -4.88. The Morgan fingerprint density at radius 3 is 2.26 bits per heavy atom. The van der Waals surface area contributed by atoms with E-state index in [1.54, 1.807) is 0 Å². The molecule has 0 aliphatic carbocycles. The van der Waals surface area contributed by atoms with Crippen LogP contribution in [0.4, 0.5) is 32.0 Å². The first-order chi connectivity index (χ1) is 10.5. The van der Waals surface area contributed by atoms with Crippen LogP contribution in [0.2, 0.25) is 4.47 Å². The molecular formula is C13H9ClF6N2S. The predicted octanol–water partition coefficient (Wildman–Crippen LogP) is 5.75. The minimum absolute atomic E-state index is 0.0177. The third-order valence-electron chi connectivity index (χ3n) is 3.02. The van der Waals surface area contributed by atoms with E-state index in [1.165, 1.54) is 6.20 Å². The molecule has 2 nitrogen and oxygen atoms in total. The molecule has 23 heavy (non-hydrogen) atoms. The molecule has 0 spiro atoms. The SMILES string of the molecule is Cc1c(NCc2cnc(Cl)s2)cc(C(F)(F)F)cc1C(F)(F)F. The fourth-order valence-corrected chi connectivity index (χ4v) is 2.82. The van der Waals surface area contributed by atoms with E-state index in [9.17, 15) is 26.3 Å². The lowest BCUT2D eigenvalue weighted by molar-refractivity contribution is -0.143. The highest BCUT2D eigenvalue weighted by Crippen LogP contribution is 2.40. The van der Waals surface area contributed by atoms with Gasteiger partial charge in [0.15, 0.2) is 4.47 Å². The molecule has 126 valence electrons. The fourth-order valence-electron chi connectivity index (χ4n) is 1.90. The maximum absolute atomic E-state index is 12.9. The Morgan fingerprint density at radius 1 is 1.13 bits per heavy atom.